The number of carbonyl (C=O) groups excluding carboxylic acids is 1. The summed E-state index contributed by atoms with van der Waals surface area (Å²) in [5.41, 5.74) is 2.16. The monoisotopic (exact) mass is 318 g/mol. The van der Waals surface area contributed by atoms with E-state index in [2.05, 4.69) is 29.0 Å². The van der Waals surface area contributed by atoms with E-state index in [1.165, 1.54) is 0 Å². The van der Waals surface area contributed by atoms with Crippen molar-refractivity contribution in [3.05, 3.63) is 17.5 Å². The van der Waals surface area contributed by atoms with Gasteiger partial charge in [-0.15, -0.1) is 0 Å². The quantitative estimate of drug-likeness (QED) is 0.923. The number of nitrogens with zero attached hydrogens (tertiary/aromatic N) is 3. The van der Waals surface area contributed by atoms with Crippen molar-refractivity contribution >= 4 is 11.9 Å². The molecule has 1 fully saturated rings. The van der Waals surface area contributed by atoms with Gasteiger partial charge in [0.1, 0.15) is 0 Å². The van der Waals surface area contributed by atoms with E-state index in [1.54, 1.807) is 0 Å². The number of anilines is 1. The number of nitrogens with one attached hydrogen (secondary N) is 1. The van der Waals surface area contributed by atoms with Crippen LogP contribution in [0.2, 0.25) is 0 Å². The van der Waals surface area contributed by atoms with Crippen molar-refractivity contribution < 1.29 is 9.53 Å². The number of hydrogen-bond acceptors (Lipinski definition) is 5. The van der Waals surface area contributed by atoms with E-state index in [-0.39, 0.29) is 24.2 Å². The molecular formula is C17H26N4O2. The van der Waals surface area contributed by atoms with Crippen LogP contribution in [0.15, 0.2) is 6.20 Å². The number of aryl methyl sites for hydroxylation is 1. The zero-order valence-electron chi connectivity index (χ0n) is 14.2. The third kappa shape index (κ3) is 3.63. The van der Waals surface area contributed by atoms with Gasteiger partial charge in [-0.25, -0.2) is 9.97 Å². The molecule has 0 bridgehead atoms. The highest BCUT2D eigenvalue weighted by atomic mass is 16.5. The van der Waals surface area contributed by atoms with E-state index in [9.17, 15) is 4.79 Å². The van der Waals surface area contributed by atoms with Crippen molar-refractivity contribution in [3.63, 3.8) is 0 Å². The lowest BCUT2D eigenvalue weighted by Gasteiger charge is -2.36. The van der Waals surface area contributed by atoms with Gasteiger partial charge in [0, 0.05) is 31.3 Å². The molecule has 1 amide bonds. The summed E-state index contributed by atoms with van der Waals surface area (Å²) in [6.07, 6.45) is 5.76. The maximum Gasteiger partial charge on any atom is 0.225 e. The highest BCUT2D eigenvalue weighted by Gasteiger charge is 2.27. The van der Waals surface area contributed by atoms with Crippen LogP contribution in [0.5, 0.6) is 0 Å². The van der Waals surface area contributed by atoms with Gasteiger partial charge >= 0.3 is 0 Å². The zero-order chi connectivity index (χ0) is 16.4. The fourth-order valence-corrected chi connectivity index (χ4v) is 3.48. The smallest absolute Gasteiger partial charge is 0.225 e. The number of amides is 1. The van der Waals surface area contributed by atoms with Crippen LogP contribution < -0.4 is 10.2 Å². The van der Waals surface area contributed by atoms with Crippen LogP contribution in [0.25, 0.3) is 0 Å². The molecule has 23 heavy (non-hydrogen) atoms. The van der Waals surface area contributed by atoms with Crippen LogP contribution in [0.3, 0.4) is 0 Å². The molecule has 3 rings (SSSR count). The Morgan fingerprint density at radius 3 is 2.83 bits per heavy atom. The number of carbonyl (C=O) groups is 1. The molecule has 126 valence electrons. The van der Waals surface area contributed by atoms with Gasteiger partial charge < -0.3 is 15.0 Å². The Kier molecular flexibility index (Phi) is 4.80. The molecule has 0 radical (unpaired) electrons. The molecule has 0 spiro atoms. The summed E-state index contributed by atoms with van der Waals surface area (Å²) in [6.45, 7) is 7.67. The lowest BCUT2D eigenvalue weighted by atomic mass is 9.92. The Morgan fingerprint density at radius 1 is 1.39 bits per heavy atom. The number of aromatic nitrogens is 2. The van der Waals surface area contributed by atoms with Crippen molar-refractivity contribution in [1.82, 2.24) is 15.3 Å². The van der Waals surface area contributed by atoms with Gasteiger partial charge in [0.05, 0.1) is 23.9 Å². The Hall–Kier alpha value is -1.69. The molecule has 1 N–H and O–H groups in total. The van der Waals surface area contributed by atoms with E-state index in [0.717, 1.165) is 49.6 Å². The maximum absolute atomic E-state index is 11.7. The lowest BCUT2D eigenvalue weighted by molar-refractivity contribution is -0.121. The van der Waals surface area contributed by atoms with Gasteiger partial charge in [0.25, 0.3) is 0 Å². The van der Waals surface area contributed by atoms with Gasteiger partial charge in [-0.2, -0.15) is 0 Å². The number of hydrogen-bond donors (Lipinski definition) is 1. The molecular weight excluding hydrogens is 292 g/mol. The van der Waals surface area contributed by atoms with Crippen molar-refractivity contribution in [3.8, 4) is 0 Å². The summed E-state index contributed by atoms with van der Waals surface area (Å²) in [7, 11) is 0. The van der Waals surface area contributed by atoms with Crippen molar-refractivity contribution in [1.29, 1.82) is 0 Å². The highest BCUT2D eigenvalue weighted by molar-refractivity contribution is 5.76. The first-order chi connectivity index (χ1) is 11.1. The maximum atomic E-state index is 11.7. The third-order valence-corrected chi connectivity index (χ3v) is 4.53. The van der Waals surface area contributed by atoms with Crippen molar-refractivity contribution in [2.24, 2.45) is 0 Å². The van der Waals surface area contributed by atoms with Gasteiger partial charge in [-0.1, -0.05) is 6.92 Å². The van der Waals surface area contributed by atoms with Gasteiger partial charge in [-0.05, 0) is 33.1 Å². The summed E-state index contributed by atoms with van der Waals surface area (Å²) in [6, 6.07) is 0.0581. The molecule has 1 aliphatic carbocycles. The number of ether oxygens (including phenoxy) is 1. The Bertz CT molecular complexity index is 568. The van der Waals surface area contributed by atoms with E-state index < -0.39 is 0 Å². The average molecular weight is 318 g/mol. The molecule has 2 aliphatic rings. The number of morpholine rings is 1. The summed E-state index contributed by atoms with van der Waals surface area (Å²) in [5, 5.41) is 3.09. The highest BCUT2D eigenvalue weighted by Crippen LogP contribution is 2.29. The van der Waals surface area contributed by atoms with Crippen molar-refractivity contribution in [2.75, 3.05) is 18.0 Å². The first kappa shape index (κ1) is 16.2. The number of rotatable bonds is 3. The third-order valence-electron chi connectivity index (χ3n) is 4.53. The minimum Gasteiger partial charge on any atom is -0.372 e. The molecule has 1 aromatic heterocycles. The Morgan fingerprint density at radius 2 is 2.13 bits per heavy atom. The van der Waals surface area contributed by atoms with Crippen LogP contribution in [0.4, 0.5) is 5.95 Å². The van der Waals surface area contributed by atoms with Crippen LogP contribution in [-0.2, 0) is 16.0 Å². The van der Waals surface area contributed by atoms with E-state index >= 15 is 0 Å². The first-order valence-corrected chi connectivity index (χ1v) is 8.62. The molecule has 0 saturated carbocycles. The molecule has 6 heteroatoms. The van der Waals surface area contributed by atoms with Gasteiger partial charge in [0.2, 0.25) is 11.9 Å². The summed E-state index contributed by atoms with van der Waals surface area (Å²) < 4.78 is 5.78. The molecule has 1 aliphatic heterocycles. The van der Waals surface area contributed by atoms with Crippen LogP contribution >= 0.6 is 0 Å². The normalized spacial score (nSPS) is 27.4. The summed E-state index contributed by atoms with van der Waals surface area (Å²) in [4.78, 5) is 23.3. The predicted octanol–water partition coefficient (Wildman–Crippen LogP) is 1.99. The average Bonchev–Trinajstić information content (AvgIpc) is 2.53. The molecule has 2 heterocycles. The van der Waals surface area contributed by atoms with Crippen molar-refractivity contribution in [2.45, 2.75) is 64.7 Å². The minimum atomic E-state index is 0.0581. The molecule has 0 unspecified atom stereocenters. The van der Waals surface area contributed by atoms with Gasteiger partial charge in [0.15, 0.2) is 0 Å². The van der Waals surface area contributed by atoms with E-state index in [0.29, 0.717) is 6.42 Å². The zero-order valence-corrected chi connectivity index (χ0v) is 14.2. The molecule has 3 atom stereocenters. The van der Waals surface area contributed by atoms with E-state index in [4.69, 9.17) is 9.72 Å². The Labute approximate surface area is 137 Å². The van der Waals surface area contributed by atoms with E-state index in [1.807, 2.05) is 13.1 Å². The molecule has 1 aromatic rings. The summed E-state index contributed by atoms with van der Waals surface area (Å²) in [5.74, 6) is 0.871. The standard InChI is InChI=1S/C17H26N4O2/c1-4-16(22)19-14-6-5-7-15-13(14)8-18-17(20-15)21-9-11(2)23-12(3)10-21/h8,11-12,14H,4-7,9-10H2,1-3H3,(H,19,22)/t11-,12-,14+/m0/s1. The largest absolute Gasteiger partial charge is 0.372 e. The van der Waals surface area contributed by atoms with Gasteiger partial charge in [-0.3, -0.25) is 4.79 Å². The van der Waals surface area contributed by atoms with Crippen LogP contribution in [0.1, 0.15) is 57.3 Å². The topological polar surface area (TPSA) is 67.4 Å². The lowest BCUT2D eigenvalue weighted by Crippen LogP contribution is -2.46. The fourth-order valence-electron chi connectivity index (χ4n) is 3.48. The first-order valence-electron chi connectivity index (χ1n) is 8.62. The summed E-state index contributed by atoms with van der Waals surface area (Å²) >= 11 is 0. The van der Waals surface area contributed by atoms with Crippen LogP contribution in [0, 0.1) is 0 Å². The SMILES string of the molecule is CCC(=O)N[C@@H]1CCCc2nc(N3C[C@H](C)O[C@@H](C)C3)ncc21. The minimum absolute atomic E-state index is 0.0581. The molecule has 0 aromatic carbocycles. The second-order valence-corrected chi connectivity index (χ2v) is 6.60. The second kappa shape index (κ2) is 6.83. The molecule has 6 nitrogen and oxygen atoms in total. The second-order valence-electron chi connectivity index (χ2n) is 6.60. The van der Waals surface area contributed by atoms with Crippen LogP contribution in [-0.4, -0.2) is 41.2 Å². The Balaban J connectivity index is 1.80. The fraction of sp³-hybridized carbons (Fsp3) is 0.706. The molecule has 1 saturated heterocycles. The number of fused-ring (bicyclic) bond motifs is 1. The predicted molar refractivity (Wildman–Crippen MR) is 88.4 cm³/mol.